The number of aryl methyl sites for hydroxylation is 3. The fourth-order valence-corrected chi connectivity index (χ4v) is 3.30. The standard InChI is InChI=1S/C25H34N2O3/c1-7-20(5)26-25(29)21(6)27(15-22-10-8-9-17(2)12-22)24(28)16-30-23-13-18(3)11-19(4)14-23/h8-14,20-21H,7,15-16H2,1-6H3,(H,26,29). The number of rotatable bonds is 9. The van der Waals surface area contributed by atoms with Gasteiger partial charge in [0, 0.05) is 12.6 Å². The second-order valence-electron chi connectivity index (χ2n) is 8.12. The Balaban J connectivity index is 2.17. The van der Waals surface area contributed by atoms with Crippen LogP contribution in [0.2, 0.25) is 0 Å². The average Bonchev–Trinajstić information content (AvgIpc) is 2.69. The number of hydrogen-bond donors (Lipinski definition) is 1. The maximum atomic E-state index is 13.1. The van der Waals surface area contributed by atoms with Gasteiger partial charge in [-0.05, 0) is 69.9 Å². The van der Waals surface area contributed by atoms with Crippen molar-refractivity contribution in [2.45, 2.75) is 66.6 Å². The van der Waals surface area contributed by atoms with Gasteiger partial charge in [0.15, 0.2) is 6.61 Å². The van der Waals surface area contributed by atoms with Gasteiger partial charge < -0.3 is 15.0 Å². The third kappa shape index (κ3) is 6.90. The molecule has 2 atom stereocenters. The Morgan fingerprint density at radius 2 is 1.67 bits per heavy atom. The largest absolute Gasteiger partial charge is 0.484 e. The Labute approximate surface area is 180 Å². The number of ether oxygens (including phenoxy) is 1. The molecule has 0 aliphatic rings. The summed E-state index contributed by atoms with van der Waals surface area (Å²) in [6.45, 7) is 12.0. The van der Waals surface area contributed by atoms with Crippen LogP contribution in [0.15, 0.2) is 42.5 Å². The first-order valence-corrected chi connectivity index (χ1v) is 10.6. The predicted molar refractivity (Wildman–Crippen MR) is 120 cm³/mol. The molecule has 0 bridgehead atoms. The summed E-state index contributed by atoms with van der Waals surface area (Å²) in [5.41, 5.74) is 4.26. The van der Waals surface area contributed by atoms with Gasteiger partial charge in [0.1, 0.15) is 11.8 Å². The number of nitrogens with one attached hydrogen (secondary N) is 1. The zero-order valence-electron chi connectivity index (χ0n) is 19.0. The van der Waals surface area contributed by atoms with Crippen LogP contribution in [0, 0.1) is 20.8 Å². The van der Waals surface area contributed by atoms with E-state index >= 15 is 0 Å². The van der Waals surface area contributed by atoms with Crippen molar-refractivity contribution in [3.05, 3.63) is 64.7 Å². The summed E-state index contributed by atoms with van der Waals surface area (Å²) in [5.74, 6) is 0.285. The van der Waals surface area contributed by atoms with Crippen LogP contribution in [0.3, 0.4) is 0 Å². The minimum absolute atomic E-state index is 0.0578. The third-order valence-electron chi connectivity index (χ3n) is 5.16. The molecule has 0 radical (unpaired) electrons. The van der Waals surface area contributed by atoms with Crippen LogP contribution in [0.4, 0.5) is 0 Å². The van der Waals surface area contributed by atoms with Crippen molar-refractivity contribution in [3.8, 4) is 5.75 Å². The fourth-order valence-electron chi connectivity index (χ4n) is 3.30. The van der Waals surface area contributed by atoms with Crippen molar-refractivity contribution in [2.24, 2.45) is 0 Å². The maximum absolute atomic E-state index is 13.1. The zero-order valence-corrected chi connectivity index (χ0v) is 19.0. The minimum Gasteiger partial charge on any atom is -0.484 e. The second-order valence-corrected chi connectivity index (χ2v) is 8.12. The lowest BCUT2D eigenvalue weighted by atomic mass is 10.1. The Hall–Kier alpha value is -2.82. The Morgan fingerprint density at radius 1 is 1.00 bits per heavy atom. The number of carbonyl (C=O) groups excluding carboxylic acids is 2. The summed E-state index contributed by atoms with van der Waals surface area (Å²) in [4.78, 5) is 27.4. The molecule has 0 saturated carbocycles. The number of nitrogens with zero attached hydrogens (tertiary/aromatic N) is 1. The summed E-state index contributed by atoms with van der Waals surface area (Å²) in [7, 11) is 0. The number of carbonyl (C=O) groups is 2. The van der Waals surface area contributed by atoms with E-state index in [1.807, 2.05) is 71.0 Å². The van der Waals surface area contributed by atoms with Crippen LogP contribution in [0.25, 0.3) is 0 Å². The predicted octanol–water partition coefficient (Wildman–Crippen LogP) is 4.32. The molecular weight excluding hydrogens is 376 g/mol. The van der Waals surface area contributed by atoms with Gasteiger partial charge in [-0.15, -0.1) is 0 Å². The molecule has 0 aliphatic carbocycles. The number of benzene rings is 2. The van der Waals surface area contributed by atoms with Crippen molar-refractivity contribution >= 4 is 11.8 Å². The summed E-state index contributed by atoms with van der Waals surface area (Å²) in [6, 6.07) is 13.3. The molecule has 0 heterocycles. The van der Waals surface area contributed by atoms with Crippen molar-refractivity contribution in [3.63, 3.8) is 0 Å². The van der Waals surface area contributed by atoms with E-state index in [9.17, 15) is 9.59 Å². The highest BCUT2D eigenvalue weighted by molar-refractivity contribution is 5.88. The first-order chi connectivity index (χ1) is 14.2. The second kappa shape index (κ2) is 10.8. The lowest BCUT2D eigenvalue weighted by Gasteiger charge is -2.29. The lowest BCUT2D eigenvalue weighted by Crippen LogP contribution is -2.50. The third-order valence-corrected chi connectivity index (χ3v) is 5.16. The molecule has 2 rings (SSSR count). The van der Waals surface area contributed by atoms with Gasteiger partial charge in [-0.3, -0.25) is 9.59 Å². The van der Waals surface area contributed by atoms with Gasteiger partial charge in [0.05, 0.1) is 0 Å². The lowest BCUT2D eigenvalue weighted by molar-refractivity contribution is -0.142. The van der Waals surface area contributed by atoms with Gasteiger partial charge in [-0.1, -0.05) is 42.8 Å². The van der Waals surface area contributed by atoms with Gasteiger partial charge in [-0.2, -0.15) is 0 Å². The molecule has 0 saturated heterocycles. The van der Waals surface area contributed by atoms with E-state index < -0.39 is 6.04 Å². The topological polar surface area (TPSA) is 58.6 Å². The quantitative estimate of drug-likeness (QED) is 0.670. The SMILES string of the molecule is CCC(C)NC(=O)C(C)N(Cc1cccc(C)c1)C(=O)COc1cc(C)cc(C)c1. The van der Waals surface area contributed by atoms with Gasteiger partial charge in [0.25, 0.3) is 5.91 Å². The zero-order chi connectivity index (χ0) is 22.3. The Bertz CT molecular complexity index is 858. The summed E-state index contributed by atoms with van der Waals surface area (Å²) >= 11 is 0. The number of hydrogen-bond acceptors (Lipinski definition) is 3. The molecule has 0 fully saturated rings. The van der Waals surface area contributed by atoms with E-state index in [0.717, 1.165) is 28.7 Å². The molecule has 30 heavy (non-hydrogen) atoms. The van der Waals surface area contributed by atoms with E-state index in [-0.39, 0.29) is 24.5 Å². The molecule has 0 spiro atoms. The van der Waals surface area contributed by atoms with Crippen molar-refractivity contribution in [1.29, 1.82) is 0 Å². The molecule has 2 aromatic rings. The van der Waals surface area contributed by atoms with E-state index in [1.54, 1.807) is 11.8 Å². The van der Waals surface area contributed by atoms with Gasteiger partial charge in [0.2, 0.25) is 5.91 Å². The van der Waals surface area contributed by atoms with Crippen LogP contribution in [0.1, 0.15) is 49.4 Å². The Kier molecular flexibility index (Phi) is 8.46. The highest BCUT2D eigenvalue weighted by Gasteiger charge is 2.27. The van der Waals surface area contributed by atoms with Crippen LogP contribution in [-0.2, 0) is 16.1 Å². The summed E-state index contributed by atoms with van der Waals surface area (Å²) in [6.07, 6.45) is 0.833. The normalized spacial score (nSPS) is 12.7. The maximum Gasteiger partial charge on any atom is 0.261 e. The molecule has 162 valence electrons. The van der Waals surface area contributed by atoms with Gasteiger partial charge in [-0.25, -0.2) is 0 Å². The van der Waals surface area contributed by atoms with Crippen LogP contribution >= 0.6 is 0 Å². The molecule has 2 unspecified atom stereocenters. The molecule has 1 N–H and O–H groups in total. The monoisotopic (exact) mass is 410 g/mol. The van der Waals surface area contributed by atoms with E-state index in [0.29, 0.717) is 12.3 Å². The van der Waals surface area contributed by atoms with Gasteiger partial charge >= 0.3 is 0 Å². The van der Waals surface area contributed by atoms with Crippen LogP contribution < -0.4 is 10.1 Å². The first-order valence-electron chi connectivity index (χ1n) is 10.6. The molecule has 0 aliphatic heterocycles. The highest BCUT2D eigenvalue weighted by Crippen LogP contribution is 2.17. The molecule has 0 aromatic heterocycles. The van der Waals surface area contributed by atoms with E-state index in [1.165, 1.54) is 0 Å². The molecular formula is C25H34N2O3. The molecule has 5 heteroatoms. The van der Waals surface area contributed by atoms with Crippen molar-refractivity contribution in [2.75, 3.05) is 6.61 Å². The Morgan fingerprint density at radius 3 is 2.27 bits per heavy atom. The highest BCUT2D eigenvalue weighted by atomic mass is 16.5. The van der Waals surface area contributed by atoms with Crippen LogP contribution in [0.5, 0.6) is 5.75 Å². The average molecular weight is 411 g/mol. The number of amides is 2. The van der Waals surface area contributed by atoms with Crippen molar-refractivity contribution < 1.29 is 14.3 Å². The first kappa shape index (κ1) is 23.5. The minimum atomic E-state index is -0.602. The molecule has 2 aromatic carbocycles. The summed E-state index contributed by atoms with van der Waals surface area (Å²) in [5, 5.41) is 2.98. The van der Waals surface area contributed by atoms with E-state index in [2.05, 4.69) is 11.4 Å². The smallest absolute Gasteiger partial charge is 0.261 e. The summed E-state index contributed by atoms with van der Waals surface area (Å²) < 4.78 is 5.78. The van der Waals surface area contributed by atoms with E-state index in [4.69, 9.17) is 4.74 Å². The molecule has 5 nitrogen and oxygen atoms in total. The fraction of sp³-hybridized carbons (Fsp3) is 0.440. The molecule has 2 amide bonds. The van der Waals surface area contributed by atoms with Crippen LogP contribution in [-0.4, -0.2) is 35.4 Å². The van der Waals surface area contributed by atoms with Crippen molar-refractivity contribution in [1.82, 2.24) is 10.2 Å².